The highest BCUT2D eigenvalue weighted by Gasteiger charge is 2.43. The zero-order valence-electron chi connectivity index (χ0n) is 44.8. The summed E-state index contributed by atoms with van der Waals surface area (Å²) in [6, 6.07) is 102. The number of aromatic nitrogens is 3. The second-order valence-corrected chi connectivity index (χ2v) is 30.2. The summed E-state index contributed by atoms with van der Waals surface area (Å²) in [6.07, 6.45) is 0. The Bertz CT molecular complexity index is 3650. The lowest BCUT2D eigenvalue weighted by atomic mass is 9.79. The monoisotopic (exact) mass is 1030 g/mol. The first-order valence-corrected chi connectivity index (χ1v) is 31.0. The van der Waals surface area contributed by atoms with Crippen LogP contribution in [-0.4, -0.2) is 30.7 Å². The summed E-state index contributed by atoms with van der Waals surface area (Å²) in [4.78, 5) is 11.6. The van der Waals surface area contributed by atoms with Crippen LogP contribution in [0.3, 0.4) is 0 Å². The highest BCUT2D eigenvalue weighted by atomic mass is 28.3. The minimum Gasteiger partial charge on any atom is -0.278 e. The van der Waals surface area contributed by atoms with Crippen molar-refractivity contribution in [1.82, 2.24) is 14.5 Å². The Morgan fingerprint density at radius 2 is 0.662 bits per heavy atom. The fraction of sp³-hybridized carbons (Fsp3) is 0.111. The van der Waals surface area contributed by atoms with Gasteiger partial charge in [0.05, 0.1) is 22.4 Å². The lowest BCUT2D eigenvalue weighted by Gasteiger charge is -2.34. The molecule has 2 aromatic heterocycles. The van der Waals surface area contributed by atoms with Crippen molar-refractivity contribution >= 4 is 79.4 Å². The van der Waals surface area contributed by atoms with Gasteiger partial charge in [0.1, 0.15) is 0 Å². The SMILES string of the molecule is CC(C)(C)c1cc(C(C)(C)C)c2c(c1)c1ccccc1n2-c1nc(-c2cccc([Si](c3ccccc3)(c3ccccc3)c3ccccc3)c2)cc(-c2cccc([Si](c3ccccc3)(c3ccccc3)c3ccccc3)c2)n1. The molecule has 0 amide bonds. The van der Waals surface area contributed by atoms with Gasteiger partial charge in [0.15, 0.2) is 16.1 Å². The van der Waals surface area contributed by atoms with Gasteiger partial charge in [0.2, 0.25) is 5.95 Å². The molecule has 0 spiro atoms. The fourth-order valence-corrected chi connectivity index (χ4v) is 21.7. The van der Waals surface area contributed by atoms with E-state index < -0.39 is 16.1 Å². The number of rotatable bonds is 11. The molecule has 5 heteroatoms. The normalized spacial score (nSPS) is 12.3. The number of para-hydroxylation sites is 1. The van der Waals surface area contributed by atoms with Crippen LogP contribution in [0.2, 0.25) is 0 Å². The molecule has 0 N–H and O–H groups in total. The summed E-state index contributed by atoms with van der Waals surface area (Å²) in [7, 11) is -5.80. The predicted molar refractivity (Wildman–Crippen MR) is 332 cm³/mol. The fourth-order valence-electron chi connectivity index (χ4n) is 12.1. The van der Waals surface area contributed by atoms with Crippen LogP contribution in [0.15, 0.2) is 273 Å². The summed E-state index contributed by atoms with van der Waals surface area (Å²) < 4.78 is 2.37. The van der Waals surface area contributed by atoms with Crippen LogP contribution >= 0.6 is 0 Å². The van der Waals surface area contributed by atoms with Crippen LogP contribution < -0.4 is 41.5 Å². The van der Waals surface area contributed by atoms with E-state index >= 15 is 0 Å². The van der Waals surface area contributed by atoms with E-state index in [1.54, 1.807) is 0 Å². The van der Waals surface area contributed by atoms with E-state index in [0.717, 1.165) is 33.5 Å². The molecule has 12 rings (SSSR count). The molecule has 0 aliphatic rings. The first-order chi connectivity index (χ1) is 37.5. The van der Waals surface area contributed by atoms with E-state index in [-0.39, 0.29) is 10.8 Å². The third-order valence-electron chi connectivity index (χ3n) is 15.8. The second kappa shape index (κ2) is 19.9. The van der Waals surface area contributed by atoms with Crippen molar-refractivity contribution in [2.75, 3.05) is 0 Å². The Morgan fingerprint density at radius 3 is 1.03 bits per heavy atom. The van der Waals surface area contributed by atoms with Gasteiger partial charge >= 0.3 is 0 Å². The smallest absolute Gasteiger partial charge is 0.235 e. The van der Waals surface area contributed by atoms with Gasteiger partial charge in [-0.3, -0.25) is 4.57 Å². The molecule has 10 aromatic carbocycles. The highest BCUT2D eigenvalue weighted by molar-refractivity contribution is 7.20. The lowest BCUT2D eigenvalue weighted by molar-refractivity contribution is 0.572. The van der Waals surface area contributed by atoms with Crippen molar-refractivity contribution in [2.24, 2.45) is 0 Å². The van der Waals surface area contributed by atoms with E-state index in [0.29, 0.717) is 5.95 Å². The molecule has 3 nitrogen and oxygen atoms in total. The van der Waals surface area contributed by atoms with Gasteiger partial charge in [0, 0.05) is 21.9 Å². The van der Waals surface area contributed by atoms with Crippen LogP contribution in [0.4, 0.5) is 0 Å². The van der Waals surface area contributed by atoms with E-state index in [4.69, 9.17) is 9.97 Å². The molecule has 0 aliphatic carbocycles. The topological polar surface area (TPSA) is 30.7 Å². The van der Waals surface area contributed by atoms with Gasteiger partial charge in [-0.05, 0) is 81.6 Å². The van der Waals surface area contributed by atoms with Gasteiger partial charge in [-0.1, -0.05) is 296 Å². The average Bonchev–Trinajstić information content (AvgIpc) is 3.85. The van der Waals surface area contributed by atoms with Crippen molar-refractivity contribution in [1.29, 1.82) is 0 Å². The summed E-state index contributed by atoms with van der Waals surface area (Å²) in [5.74, 6) is 0.642. The summed E-state index contributed by atoms with van der Waals surface area (Å²) in [5.41, 5.74) is 8.34. The standard InChI is InChI=1S/C72H63N3Si2/c1-71(2,3)54-49-64-63-45-25-26-46-68(63)75(69(64)65(50-54)72(4,5)6)70-73-66(52-29-27-43-61(47-52)76(55-31-13-7-14-32-55,56-33-15-8-16-34-56)57-35-17-9-18-36-57)51-67(74-70)53-30-28-44-62(48-53)77(58-37-19-10-20-38-58,59-39-21-11-22-40-59)60-41-23-12-24-42-60/h7-51H,1-6H3. The van der Waals surface area contributed by atoms with E-state index in [1.165, 1.54) is 63.4 Å². The Hall–Kier alpha value is -8.49. The number of fused-ring (bicyclic) bond motifs is 3. The Labute approximate surface area is 456 Å². The number of hydrogen-bond donors (Lipinski definition) is 0. The molecule has 12 aromatic rings. The summed E-state index contributed by atoms with van der Waals surface area (Å²) >= 11 is 0. The van der Waals surface area contributed by atoms with Crippen LogP contribution in [0.25, 0.3) is 50.3 Å². The van der Waals surface area contributed by atoms with E-state index in [1.807, 2.05) is 0 Å². The lowest BCUT2D eigenvalue weighted by Crippen LogP contribution is -2.74. The third kappa shape index (κ3) is 8.70. The molecule has 0 atom stereocenters. The molecule has 0 bridgehead atoms. The Kier molecular flexibility index (Phi) is 12.8. The molecular formula is C72H63N3Si2. The summed E-state index contributed by atoms with van der Waals surface area (Å²) in [6.45, 7) is 14.0. The maximum absolute atomic E-state index is 5.80. The van der Waals surface area contributed by atoms with E-state index in [9.17, 15) is 0 Å². The predicted octanol–water partition coefficient (Wildman–Crippen LogP) is 12.3. The molecule has 0 saturated heterocycles. The molecule has 0 radical (unpaired) electrons. The maximum Gasteiger partial charge on any atom is 0.235 e. The zero-order valence-corrected chi connectivity index (χ0v) is 46.8. The number of benzene rings is 10. The minimum absolute atomic E-state index is 0.0629. The molecule has 0 saturated carbocycles. The Morgan fingerprint density at radius 1 is 0.312 bits per heavy atom. The Balaban J connectivity index is 1.17. The van der Waals surface area contributed by atoms with Gasteiger partial charge in [-0.2, -0.15) is 0 Å². The van der Waals surface area contributed by atoms with Gasteiger partial charge in [-0.15, -0.1) is 0 Å². The molecule has 77 heavy (non-hydrogen) atoms. The molecule has 2 heterocycles. The quantitative estimate of drug-likeness (QED) is 0.0955. The van der Waals surface area contributed by atoms with Gasteiger partial charge in [-0.25, -0.2) is 9.97 Å². The van der Waals surface area contributed by atoms with Crippen molar-refractivity contribution in [2.45, 2.75) is 52.4 Å². The number of nitrogens with zero attached hydrogens (tertiary/aromatic N) is 3. The van der Waals surface area contributed by atoms with Crippen LogP contribution in [0, 0.1) is 0 Å². The molecule has 0 aliphatic heterocycles. The van der Waals surface area contributed by atoms with Gasteiger partial charge < -0.3 is 0 Å². The molecule has 0 fully saturated rings. The minimum atomic E-state index is -2.90. The van der Waals surface area contributed by atoms with Crippen LogP contribution in [0.1, 0.15) is 52.7 Å². The van der Waals surface area contributed by atoms with Crippen molar-refractivity contribution in [3.8, 4) is 28.5 Å². The van der Waals surface area contributed by atoms with E-state index in [2.05, 4.69) is 319 Å². The third-order valence-corrected chi connectivity index (χ3v) is 25.3. The van der Waals surface area contributed by atoms with Crippen LogP contribution in [-0.2, 0) is 10.8 Å². The van der Waals surface area contributed by atoms with Crippen molar-refractivity contribution in [3.63, 3.8) is 0 Å². The average molecular weight is 1030 g/mol. The zero-order chi connectivity index (χ0) is 52.8. The first kappa shape index (κ1) is 49.4. The van der Waals surface area contributed by atoms with Crippen molar-refractivity contribution < 1.29 is 0 Å². The summed E-state index contributed by atoms with van der Waals surface area (Å²) in [5, 5.41) is 12.9. The van der Waals surface area contributed by atoms with Crippen LogP contribution in [0.5, 0.6) is 0 Å². The van der Waals surface area contributed by atoms with Gasteiger partial charge in [0.25, 0.3) is 0 Å². The highest BCUT2D eigenvalue weighted by Crippen LogP contribution is 2.41. The maximum atomic E-state index is 5.80. The molecule has 374 valence electrons. The van der Waals surface area contributed by atoms with Crippen molar-refractivity contribution in [3.05, 3.63) is 284 Å². The largest absolute Gasteiger partial charge is 0.278 e. The first-order valence-electron chi connectivity index (χ1n) is 27.0. The molecular weight excluding hydrogens is 963 g/mol. The second-order valence-electron chi connectivity index (χ2n) is 22.6. The number of hydrogen-bond acceptors (Lipinski definition) is 2. The molecule has 0 unspecified atom stereocenters.